The van der Waals surface area contributed by atoms with Crippen molar-refractivity contribution in [3.8, 4) is 11.4 Å². The van der Waals surface area contributed by atoms with Crippen LogP contribution >= 0.6 is 27.7 Å². The van der Waals surface area contributed by atoms with Crippen molar-refractivity contribution in [2.24, 2.45) is 0 Å². The normalized spacial score (nSPS) is 13.4. The predicted octanol–water partition coefficient (Wildman–Crippen LogP) is 4.56. The van der Waals surface area contributed by atoms with Gasteiger partial charge in [0, 0.05) is 22.5 Å². The van der Waals surface area contributed by atoms with Gasteiger partial charge in [0.25, 0.3) is 0 Å². The van der Waals surface area contributed by atoms with Crippen molar-refractivity contribution in [1.29, 1.82) is 0 Å². The van der Waals surface area contributed by atoms with Gasteiger partial charge in [-0.3, -0.25) is 9.59 Å². The number of amides is 1. The zero-order valence-electron chi connectivity index (χ0n) is 16.0. The summed E-state index contributed by atoms with van der Waals surface area (Å²) in [6.07, 6.45) is 0. The topological polar surface area (TPSA) is 68.1 Å². The van der Waals surface area contributed by atoms with E-state index in [4.69, 9.17) is 0 Å². The van der Waals surface area contributed by atoms with Gasteiger partial charge in [0.2, 0.25) is 11.1 Å². The fourth-order valence-electron chi connectivity index (χ4n) is 3.13. The number of thioether (sulfide) groups is 1. The van der Waals surface area contributed by atoms with Gasteiger partial charge in [-0.25, -0.2) is 5.01 Å². The lowest BCUT2D eigenvalue weighted by Gasteiger charge is -2.32. The maximum absolute atomic E-state index is 12.8. The molecule has 1 aromatic heterocycles. The fourth-order valence-corrected chi connectivity index (χ4v) is 4.35. The third-order valence-electron chi connectivity index (χ3n) is 4.48. The maximum atomic E-state index is 12.8. The Hall–Kier alpha value is -2.71. The van der Waals surface area contributed by atoms with Crippen LogP contribution in [0.5, 0.6) is 0 Å². The molecule has 8 heteroatoms. The minimum Gasteiger partial charge on any atom is -0.294 e. The number of carbonyl (C=O) groups excluding carboxylic acids is 2. The van der Waals surface area contributed by atoms with E-state index in [1.807, 2.05) is 55.5 Å². The number of hydrogen-bond acceptors (Lipinski definition) is 5. The summed E-state index contributed by atoms with van der Waals surface area (Å²) >= 11 is 4.66. The lowest BCUT2D eigenvalue weighted by molar-refractivity contribution is -0.117. The first kappa shape index (κ1) is 19.6. The predicted molar refractivity (Wildman–Crippen MR) is 117 cm³/mol. The Morgan fingerprint density at radius 1 is 0.931 bits per heavy atom. The van der Waals surface area contributed by atoms with Crippen molar-refractivity contribution in [3.05, 3.63) is 69.0 Å². The highest BCUT2D eigenvalue weighted by atomic mass is 79.9. The zero-order chi connectivity index (χ0) is 20.7. The van der Waals surface area contributed by atoms with Crippen LogP contribution in [-0.2, 0) is 9.59 Å². The maximum Gasteiger partial charge on any atom is 0.243 e. The molecule has 2 aromatic carbocycles. The molecule has 1 amide bonds. The van der Waals surface area contributed by atoms with Crippen molar-refractivity contribution < 1.29 is 9.59 Å². The first-order valence-electron chi connectivity index (χ1n) is 8.89. The average molecular weight is 469 g/mol. The SMILES string of the molecule is CC(=O)C1=C(c2ccc(Br)cc2)N(C(C)=O)n2c(nnc2-c2ccc(C)cc2)S1. The Balaban J connectivity index is 1.95. The van der Waals surface area contributed by atoms with E-state index in [1.165, 1.54) is 30.6 Å². The van der Waals surface area contributed by atoms with Crippen molar-refractivity contribution in [2.45, 2.75) is 25.9 Å². The van der Waals surface area contributed by atoms with Gasteiger partial charge >= 0.3 is 0 Å². The molecule has 0 saturated heterocycles. The highest BCUT2D eigenvalue weighted by Crippen LogP contribution is 2.41. The molecule has 0 fully saturated rings. The van der Waals surface area contributed by atoms with E-state index < -0.39 is 0 Å². The molecule has 4 rings (SSSR count). The number of carbonyl (C=O) groups is 2. The van der Waals surface area contributed by atoms with Crippen LogP contribution in [0.1, 0.15) is 25.0 Å². The molecule has 0 N–H and O–H groups in total. The smallest absolute Gasteiger partial charge is 0.243 e. The van der Waals surface area contributed by atoms with E-state index in [9.17, 15) is 9.59 Å². The van der Waals surface area contributed by atoms with Crippen LogP contribution in [-0.4, -0.2) is 26.6 Å². The minimum atomic E-state index is -0.239. The molecule has 3 aromatic rings. The van der Waals surface area contributed by atoms with Crippen LogP contribution in [0.2, 0.25) is 0 Å². The van der Waals surface area contributed by atoms with Gasteiger partial charge in [0.1, 0.15) is 0 Å². The highest BCUT2D eigenvalue weighted by molar-refractivity contribution is 9.10. The molecule has 1 aliphatic heterocycles. The number of aromatic nitrogens is 3. The lowest BCUT2D eigenvalue weighted by Crippen LogP contribution is -2.41. The van der Waals surface area contributed by atoms with Crippen LogP contribution in [0.4, 0.5) is 0 Å². The quantitative estimate of drug-likeness (QED) is 0.563. The van der Waals surface area contributed by atoms with Crippen LogP contribution in [0.25, 0.3) is 17.1 Å². The summed E-state index contributed by atoms with van der Waals surface area (Å²) in [6, 6.07) is 15.4. The van der Waals surface area contributed by atoms with Crippen molar-refractivity contribution >= 4 is 45.1 Å². The molecule has 0 atom stereocenters. The Morgan fingerprint density at radius 2 is 1.55 bits per heavy atom. The molecule has 0 unspecified atom stereocenters. The number of allylic oxidation sites excluding steroid dienone is 1. The number of hydrogen-bond donors (Lipinski definition) is 0. The number of rotatable bonds is 3. The third kappa shape index (κ3) is 3.54. The van der Waals surface area contributed by atoms with E-state index in [0.717, 1.165) is 21.2 Å². The summed E-state index contributed by atoms with van der Waals surface area (Å²) in [7, 11) is 0. The first-order chi connectivity index (χ1) is 13.9. The van der Waals surface area contributed by atoms with E-state index >= 15 is 0 Å². The molecule has 29 heavy (non-hydrogen) atoms. The number of benzene rings is 2. The number of fused-ring (bicyclic) bond motifs is 1. The van der Waals surface area contributed by atoms with Crippen LogP contribution in [0, 0.1) is 6.92 Å². The van der Waals surface area contributed by atoms with Gasteiger partial charge < -0.3 is 0 Å². The number of aryl methyl sites for hydroxylation is 1. The van der Waals surface area contributed by atoms with Crippen LogP contribution in [0.3, 0.4) is 0 Å². The standard InChI is InChI=1S/C21H17BrN4O2S/c1-12-4-6-16(7-5-12)20-23-24-21-26(20)25(14(3)28)18(19(29-21)13(2)27)15-8-10-17(22)11-9-15/h4-11H,1-3H3. The average Bonchev–Trinajstić information content (AvgIpc) is 3.11. The van der Waals surface area contributed by atoms with Crippen LogP contribution in [0.15, 0.2) is 63.1 Å². The molecule has 1 aliphatic rings. The van der Waals surface area contributed by atoms with Gasteiger partial charge in [-0.2, -0.15) is 4.68 Å². The molecule has 6 nitrogen and oxygen atoms in total. The molecule has 0 bridgehead atoms. The van der Waals surface area contributed by atoms with Gasteiger partial charge in [-0.1, -0.05) is 57.9 Å². The van der Waals surface area contributed by atoms with Crippen molar-refractivity contribution in [1.82, 2.24) is 14.9 Å². The Labute approximate surface area is 180 Å². The second-order valence-corrected chi connectivity index (χ2v) is 8.55. The summed E-state index contributed by atoms with van der Waals surface area (Å²) in [5.74, 6) is 0.168. The first-order valence-corrected chi connectivity index (χ1v) is 10.5. The number of Topliss-reactive ketones (excluding diaryl/α,β-unsaturated/α-hetero) is 1. The number of nitrogens with zero attached hydrogens (tertiary/aromatic N) is 4. The van der Waals surface area contributed by atoms with Crippen molar-refractivity contribution in [3.63, 3.8) is 0 Å². The molecule has 146 valence electrons. The molecule has 0 spiro atoms. The van der Waals surface area contributed by atoms with E-state index in [-0.39, 0.29) is 11.7 Å². The molecular formula is C21H17BrN4O2S. The molecule has 0 saturated carbocycles. The Kier molecular flexibility index (Phi) is 5.14. The summed E-state index contributed by atoms with van der Waals surface area (Å²) in [4.78, 5) is 25.7. The van der Waals surface area contributed by atoms with Gasteiger partial charge in [0.05, 0.1) is 10.6 Å². The van der Waals surface area contributed by atoms with Gasteiger partial charge in [-0.15, -0.1) is 10.2 Å². The van der Waals surface area contributed by atoms with E-state index in [0.29, 0.717) is 21.6 Å². The monoisotopic (exact) mass is 468 g/mol. The summed E-state index contributed by atoms with van der Waals surface area (Å²) in [6.45, 7) is 4.97. The summed E-state index contributed by atoms with van der Waals surface area (Å²) < 4.78 is 2.59. The van der Waals surface area contributed by atoms with E-state index in [2.05, 4.69) is 26.1 Å². The Morgan fingerprint density at radius 3 is 2.14 bits per heavy atom. The molecule has 2 heterocycles. The second-order valence-electron chi connectivity index (χ2n) is 6.66. The molecule has 0 radical (unpaired) electrons. The fraction of sp³-hybridized carbons (Fsp3) is 0.143. The van der Waals surface area contributed by atoms with Gasteiger partial charge in [0.15, 0.2) is 11.6 Å². The van der Waals surface area contributed by atoms with Crippen molar-refractivity contribution in [2.75, 3.05) is 5.01 Å². The number of halogens is 1. The van der Waals surface area contributed by atoms with Crippen LogP contribution < -0.4 is 5.01 Å². The lowest BCUT2D eigenvalue weighted by atomic mass is 10.1. The third-order valence-corrected chi connectivity index (χ3v) is 6.13. The second kappa shape index (κ2) is 7.61. The summed E-state index contributed by atoms with van der Waals surface area (Å²) in [5.41, 5.74) is 3.25. The number of ketones is 1. The Bertz CT molecular complexity index is 1150. The van der Waals surface area contributed by atoms with Gasteiger partial charge in [-0.05, 0) is 37.7 Å². The minimum absolute atomic E-state index is 0.134. The zero-order valence-corrected chi connectivity index (χ0v) is 18.4. The highest BCUT2D eigenvalue weighted by Gasteiger charge is 2.35. The molecule has 0 aliphatic carbocycles. The van der Waals surface area contributed by atoms with E-state index in [1.54, 1.807) is 4.68 Å². The summed E-state index contributed by atoms with van der Waals surface area (Å²) in [5, 5.41) is 10.5. The largest absolute Gasteiger partial charge is 0.294 e. The molecular weight excluding hydrogens is 452 g/mol.